The molecule has 0 saturated carbocycles. The van der Waals surface area contributed by atoms with Crippen LogP contribution in [-0.4, -0.2) is 27.5 Å². The van der Waals surface area contributed by atoms with Crippen molar-refractivity contribution >= 4 is 17.5 Å². The Bertz CT molecular complexity index is 910. The van der Waals surface area contributed by atoms with E-state index in [1.165, 1.54) is 0 Å². The molecule has 1 atom stereocenters. The first-order valence-corrected chi connectivity index (χ1v) is 9.02. The second-order valence-electron chi connectivity index (χ2n) is 6.34. The van der Waals surface area contributed by atoms with Crippen LogP contribution >= 0.6 is 11.6 Å². The van der Waals surface area contributed by atoms with Gasteiger partial charge >= 0.3 is 0 Å². The van der Waals surface area contributed by atoms with Gasteiger partial charge in [-0.2, -0.15) is 4.98 Å². The van der Waals surface area contributed by atoms with Crippen molar-refractivity contribution in [3.8, 4) is 11.4 Å². The van der Waals surface area contributed by atoms with Gasteiger partial charge in [0.05, 0.1) is 6.42 Å². The van der Waals surface area contributed by atoms with Crippen LogP contribution in [0.15, 0.2) is 59.1 Å². The van der Waals surface area contributed by atoms with Gasteiger partial charge in [-0.1, -0.05) is 65.3 Å². The van der Waals surface area contributed by atoms with E-state index in [4.69, 9.17) is 16.1 Å². The van der Waals surface area contributed by atoms with Crippen LogP contribution in [0, 0.1) is 0 Å². The maximum atomic E-state index is 12.8. The highest BCUT2D eigenvalue weighted by Crippen LogP contribution is 2.33. The lowest BCUT2D eigenvalue weighted by Gasteiger charge is -2.22. The van der Waals surface area contributed by atoms with Crippen LogP contribution in [0.5, 0.6) is 0 Å². The van der Waals surface area contributed by atoms with Crippen molar-refractivity contribution < 1.29 is 9.32 Å². The van der Waals surface area contributed by atoms with E-state index in [-0.39, 0.29) is 18.4 Å². The number of halogens is 1. The Balaban J connectivity index is 1.53. The monoisotopic (exact) mass is 367 g/mol. The van der Waals surface area contributed by atoms with Gasteiger partial charge in [0.2, 0.25) is 17.6 Å². The number of nitrogens with zero attached hydrogens (tertiary/aromatic N) is 3. The summed E-state index contributed by atoms with van der Waals surface area (Å²) in [6, 6.07) is 16.9. The smallest absolute Gasteiger partial charge is 0.249 e. The van der Waals surface area contributed by atoms with E-state index in [0.717, 1.165) is 24.0 Å². The molecule has 0 bridgehead atoms. The lowest BCUT2D eigenvalue weighted by molar-refractivity contribution is -0.131. The fraction of sp³-hybridized carbons (Fsp3) is 0.250. The van der Waals surface area contributed by atoms with Crippen LogP contribution in [0.1, 0.15) is 30.3 Å². The molecule has 1 amide bonds. The predicted molar refractivity (Wildman–Crippen MR) is 98.6 cm³/mol. The molecule has 3 aromatic rings. The van der Waals surface area contributed by atoms with Crippen LogP contribution < -0.4 is 0 Å². The number of carbonyl (C=O) groups is 1. The topological polar surface area (TPSA) is 59.2 Å². The first kappa shape index (κ1) is 16.8. The van der Waals surface area contributed by atoms with Gasteiger partial charge in [0.15, 0.2) is 0 Å². The molecular formula is C20H18ClN3O2. The molecule has 0 N–H and O–H groups in total. The van der Waals surface area contributed by atoms with Crippen molar-refractivity contribution in [3.05, 3.63) is 71.1 Å². The number of amides is 1. The summed E-state index contributed by atoms with van der Waals surface area (Å²) in [7, 11) is 0. The second kappa shape index (κ2) is 7.30. The Kier molecular flexibility index (Phi) is 4.71. The Morgan fingerprint density at radius 3 is 2.73 bits per heavy atom. The first-order chi connectivity index (χ1) is 12.7. The highest BCUT2D eigenvalue weighted by atomic mass is 35.5. The van der Waals surface area contributed by atoms with Gasteiger partial charge < -0.3 is 9.42 Å². The fourth-order valence-electron chi connectivity index (χ4n) is 3.30. The van der Waals surface area contributed by atoms with E-state index in [1.54, 1.807) is 6.07 Å². The van der Waals surface area contributed by atoms with Crippen LogP contribution in [0.3, 0.4) is 0 Å². The van der Waals surface area contributed by atoms with Crippen molar-refractivity contribution in [1.29, 1.82) is 0 Å². The molecule has 4 rings (SSSR count). The molecule has 1 unspecified atom stereocenters. The van der Waals surface area contributed by atoms with Crippen LogP contribution in [-0.2, 0) is 11.2 Å². The van der Waals surface area contributed by atoms with Crippen molar-refractivity contribution in [2.45, 2.75) is 25.3 Å². The molecule has 0 aliphatic carbocycles. The maximum absolute atomic E-state index is 12.8. The summed E-state index contributed by atoms with van der Waals surface area (Å²) in [6.07, 6.45) is 2.02. The van der Waals surface area contributed by atoms with Crippen molar-refractivity contribution in [1.82, 2.24) is 15.0 Å². The number of hydrogen-bond donors (Lipinski definition) is 0. The molecular weight excluding hydrogens is 350 g/mol. The largest absolute Gasteiger partial charge is 0.337 e. The molecule has 1 aliphatic rings. The van der Waals surface area contributed by atoms with Gasteiger partial charge in [0, 0.05) is 17.1 Å². The van der Waals surface area contributed by atoms with Crippen LogP contribution in [0.25, 0.3) is 11.4 Å². The number of benzene rings is 2. The summed E-state index contributed by atoms with van der Waals surface area (Å²) in [5.41, 5.74) is 1.73. The predicted octanol–water partition coefficient (Wildman–Crippen LogP) is 4.30. The molecule has 2 aromatic carbocycles. The zero-order valence-electron chi connectivity index (χ0n) is 14.1. The molecule has 1 saturated heterocycles. The molecule has 2 heterocycles. The highest BCUT2D eigenvalue weighted by molar-refractivity contribution is 6.31. The van der Waals surface area contributed by atoms with Gasteiger partial charge in [-0.05, 0) is 24.5 Å². The summed E-state index contributed by atoms with van der Waals surface area (Å²) >= 11 is 6.19. The Labute approximate surface area is 156 Å². The molecule has 6 heteroatoms. The van der Waals surface area contributed by atoms with Gasteiger partial charge in [-0.25, -0.2) is 0 Å². The zero-order valence-corrected chi connectivity index (χ0v) is 14.9. The SMILES string of the molecule is O=C(Cc1ccccc1Cl)N1CCCC1c1nc(-c2ccccc2)no1. The van der Waals surface area contributed by atoms with Crippen molar-refractivity contribution in [2.75, 3.05) is 6.54 Å². The minimum Gasteiger partial charge on any atom is -0.337 e. The Morgan fingerprint density at radius 2 is 1.92 bits per heavy atom. The van der Waals surface area contributed by atoms with Crippen LogP contribution in [0.2, 0.25) is 5.02 Å². The second-order valence-corrected chi connectivity index (χ2v) is 6.74. The molecule has 132 valence electrons. The van der Waals surface area contributed by atoms with E-state index in [9.17, 15) is 4.79 Å². The van der Waals surface area contributed by atoms with Crippen LogP contribution in [0.4, 0.5) is 0 Å². The van der Waals surface area contributed by atoms with Crippen molar-refractivity contribution in [2.24, 2.45) is 0 Å². The van der Waals surface area contributed by atoms with E-state index >= 15 is 0 Å². The summed E-state index contributed by atoms with van der Waals surface area (Å²) in [5, 5.41) is 4.69. The fourth-order valence-corrected chi connectivity index (χ4v) is 3.51. The Hall–Kier alpha value is -2.66. The number of likely N-dealkylation sites (tertiary alicyclic amines) is 1. The van der Waals surface area contributed by atoms with E-state index in [2.05, 4.69) is 10.1 Å². The molecule has 26 heavy (non-hydrogen) atoms. The number of aromatic nitrogens is 2. The first-order valence-electron chi connectivity index (χ1n) is 8.64. The summed E-state index contributed by atoms with van der Waals surface area (Å²) < 4.78 is 5.48. The van der Waals surface area contributed by atoms with Gasteiger partial charge in [-0.3, -0.25) is 4.79 Å². The van der Waals surface area contributed by atoms with Gasteiger partial charge in [-0.15, -0.1) is 0 Å². The lowest BCUT2D eigenvalue weighted by Crippen LogP contribution is -2.32. The minimum atomic E-state index is -0.171. The lowest BCUT2D eigenvalue weighted by atomic mass is 10.1. The summed E-state index contributed by atoms with van der Waals surface area (Å²) in [6.45, 7) is 0.691. The van der Waals surface area contributed by atoms with E-state index in [1.807, 2.05) is 53.4 Å². The summed E-state index contributed by atoms with van der Waals surface area (Å²) in [5.74, 6) is 1.07. The molecule has 1 fully saturated rings. The maximum Gasteiger partial charge on any atom is 0.249 e. The van der Waals surface area contributed by atoms with E-state index in [0.29, 0.717) is 23.3 Å². The van der Waals surface area contributed by atoms with Gasteiger partial charge in [0.25, 0.3) is 0 Å². The number of carbonyl (C=O) groups excluding carboxylic acids is 1. The molecule has 5 nitrogen and oxygen atoms in total. The normalized spacial score (nSPS) is 16.8. The molecule has 0 radical (unpaired) electrons. The molecule has 0 spiro atoms. The molecule has 1 aliphatic heterocycles. The quantitative estimate of drug-likeness (QED) is 0.690. The third-order valence-electron chi connectivity index (χ3n) is 4.63. The Morgan fingerprint density at radius 1 is 1.15 bits per heavy atom. The highest BCUT2D eigenvalue weighted by Gasteiger charge is 2.34. The van der Waals surface area contributed by atoms with Gasteiger partial charge in [0.1, 0.15) is 6.04 Å². The zero-order chi connectivity index (χ0) is 17.9. The van der Waals surface area contributed by atoms with Crippen molar-refractivity contribution in [3.63, 3.8) is 0 Å². The standard InChI is InChI=1S/C20H18ClN3O2/c21-16-10-5-4-9-15(16)13-18(25)24-12-6-11-17(24)20-22-19(23-26-20)14-7-2-1-3-8-14/h1-5,7-10,17H,6,11-13H2. The third kappa shape index (κ3) is 3.35. The number of rotatable bonds is 4. The minimum absolute atomic E-state index is 0.0278. The average molecular weight is 368 g/mol. The summed E-state index contributed by atoms with van der Waals surface area (Å²) in [4.78, 5) is 19.2. The third-order valence-corrected chi connectivity index (χ3v) is 5.00. The van der Waals surface area contributed by atoms with E-state index < -0.39 is 0 Å². The molecule has 1 aromatic heterocycles. The average Bonchev–Trinajstić information content (AvgIpc) is 3.33. The number of hydrogen-bond acceptors (Lipinski definition) is 4.